The van der Waals surface area contributed by atoms with Crippen molar-refractivity contribution in [1.29, 1.82) is 0 Å². The highest BCUT2D eigenvalue weighted by atomic mass is 16.4. The van der Waals surface area contributed by atoms with Crippen LogP contribution in [0.3, 0.4) is 0 Å². The number of aliphatic hydroxyl groups is 1. The summed E-state index contributed by atoms with van der Waals surface area (Å²) >= 11 is 0. The molecule has 0 amide bonds. The second-order valence-corrected chi connectivity index (χ2v) is 5.50. The lowest BCUT2D eigenvalue weighted by atomic mass is 10.2. The van der Waals surface area contributed by atoms with E-state index >= 15 is 0 Å². The van der Waals surface area contributed by atoms with Crippen molar-refractivity contribution in [2.75, 3.05) is 0 Å². The van der Waals surface area contributed by atoms with E-state index in [1.807, 2.05) is 59.2 Å². The van der Waals surface area contributed by atoms with Crippen molar-refractivity contribution < 1.29 is 9.52 Å². The molecule has 0 aliphatic heterocycles. The summed E-state index contributed by atoms with van der Waals surface area (Å²) in [7, 11) is 0. The number of aromatic nitrogens is 1. The molecule has 2 aromatic heterocycles. The van der Waals surface area contributed by atoms with E-state index in [1.165, 1.54) is 6.07 Å². The van der Waals surface area contributed by atoms with Crippen molar-refractivity contribution in [3.8, 4) is 0 Å². The zero-order valence-electron chi connectivity index (χ0n) is 12.4. The van der Waals surface area contributed by atoms with Gasteiger partial charge >= 0.3 is 0 Å². The molecule has 0 saturated heterocycles. The Kier molecular flexibility index (Phi) is 3.24. The van der Waals surface area contributed by atoms with Gasteiger partial charge in [0.2, 0.25) is 5.43 Å². The predicted octanol–water partition coefficient (Wildman–Crippen LogP) is 3.29. The third-order valence-electron chi connectivity index (χ3n) is 4.02. The second-order valence-electron chi connectivity index (χ2n) is 5.50. The normalized spacial score (nSPS) is 11.3. The molecule has 4 rings (SSSR count). The summed E-state index contributed by atoms with van der Waals surface area (Å²) in [5, 5.41) is 10.2. The smallest absolute Gasteiger partial charge is 0.209 e. The molecule has 4 heteroatoms. The summed E-state index contributed by atoms with van der Waals surface area (Å²) in [4.78, 5) is 12.5. The Labute approximate surface area is 132 Å². The van der Waals surface area contributed by atoms with E-state index in [1.54, 1.807) is 0 Å². The van der Waals surface area contributed by atoms with Crippen LogP contribution < -0.4 is 5.43 Å². The first kappa shape index (κ1) is 13.8. The van der Waals surface area contributed by atoms with E-state index < -0.39 is 0 Å². The van der Waals surface area contributed by atoms with Gasteiger partial charge in [-0.1, -0.05) is 42.5 Å². The Morgan fingerprint density at radius 2 is 1.74 bits per heavy atom. The highest BCUT2D eigenvalue weighted by Crippen LogP contribution is 2.28. The molecule has 2 aromatic carbocycles. The number of rotatable bonds is 3. The van der Waals surface area contributed by atoms with E-state index in [0.717, 1.165) is 16.5 Å². The van der Waals surface area contributed by atoms with Crippen LogP contribution in [0.2, 0.25) is 0 Å². The number of benzene rings is 2. The van der Waals surface area contributed by atoms with Gasteiger partial charge in [-0.05, 0) is 17.7 Å². The van der Waals surface area contributed by atoms with Gasteiger partial charge < -0.3 is 14.1 Å². The fourth-order valence-corrected chi connectivity index (χ4v) is 3.00. The molecule has 23 heavy (non-hydrogen) atoms. The van der Waals surface area contributed by atoms with Crippen LogP contribution in [0.1, 0.15) is 11.3 Å². The fraction of sp³-hybridized carbons (Fsp3) is 0.105. The van der Waals surface area contributed by atoms with E-state index in [2.05, 4.69) is 0 Å². The van der Waals surface area contributed by atoms with Crippen molar-refractivity contribution in [2.24, 2.45) is 0 Å². The standard InChI is InChI=1S/C19H15NO3/c21-12-14-10-17(22)18-19(23-14)15-8-4-5-9-16(15)20(18)11-13-6-2-1-3-7-13/h1-10,21H,11-12H2. The molecule has 114 valence electrons. The number of hydrogen-bond donors (Lipinski definition) is 1. The van der Waals surface area contributed by atoms with E-state index in [-0.39, 0.29) is 17.8 Å². The number of hydrogen-bond acceptors (Lipinski definition) is 3. The van der Waals surface area contributed by atoms with Gasteiger partial charge in [-0.3, -0.25) is 4.79 Å². The van der Waals surface area contributed by atoms with Gasteiger partial charge in [0.1, 0.15) is 17.9 Å². The summed E-state index contributed by atoms with van der Waals surface area (Å²) in [6.07, 6.45) is 0. The van der Waals surface area contributed by atoms with Gasteiger partial charge in [0.15, 0.2) is 5.58 Å². The average molecular weight is 305 g/mol. The molecule has 1 N–H and O–H groups in total. The van der Waals surface area contributed by atoms with Crippen LogP contribution in [-0.2, 0) is 13.2 Å². The third-order valence-corrected chi connectivity index (χ3v) is 4.02. The molecule has 0 spiro atoms. The Hall–Kier alpha value is -2.85. The van der Waals surface area contributed by atoms with Gasteiger partial charge in [-0.25, -0.2) is 0 Å². The number of fused-ring (bicyclic) bond motifs is 3. The average Bonchev–Trinajstić information content (AvgIpc) is 2.90. The van der Waals surface area contributed by atoms with Gasteiger partial charge in [0, 0.05) is 18.0 Å². The van der Waals surface area contributed by atoms with E-state index in [9.17, 15) is 9.90 Å². The molecule has 0 radical (unpaired) electrons. The molecular formula is C19H15NO3. The Morgan fingerprint density at radius 1 is 1.00 bits per heavy atom. The van der Waals surface area contributed by atoms with Gasteiger partial charge in [-0.2, -0.15) is 0 Å². The molecule has 0 saturated carbocycles. The summed E-state index contributed by atoms with van der Waals surface area (Å²) in [6.45, 7) is 0.303. The van der Waals surface area contributed by atoms with Crippen LogP contribution in [0.5, 0.6) is 0 Å². The van der Waals surface area contributed by atoms with Gasteiger partial charge in [0.05, 0.1) is 5.52 Å². The maximum atomic E-state index is 12.5. The summed E-state index contributed by atoms with van der Waals surface area (Å²) < 4.78 is 7.73. The monoisotopic (exact) mass is 305 g/mol. The first-order valence-corrected chi connectivity index (χ1v) is 7.46. The zero-order chi connectivity index (χ0) is 15.8. The predicted molar refractivity (Wildman–Crippen MR) is 89.4 cm³/mol. The molecule has 2 heterocycles. The zero-order valence-corrected chi connectivity index (χ0v) is 12.4. The molecule has 4 nitrogen and oxygen atoms in total. The summed E-state index contributed by atoms with van der Waals surface area (Å²) in [6, 6.07) is 19.1. The minimum atomic E-state index is -0.288. The second kappa shape index (κ2) is 5.41. The van der Waals surface area contributed by atoms with Crippen molar-refractivity contribution in [3.63, 3.8) is 0 Å². The van der Waals surface area contributed by atoms with Crippen molar-refractivity contribution >= 4 is 22.0 Å². The van der Waals surface area contributed by atoms with Crippen LogP contribution >= 0.6 is 0 Å². The Balaban J connectivity index is 2.06. The first-order valence-electron chi connectivity index (χ1n) is 7.46. The van der Waals surface area contributed by atoms with Gasteiger partial charge in [-0.15, -0.1) is 0 Å². The largest absolute Gasteiger partial charge is 0.456 e. The minimum Gasteiger partial charge on any atom is -0.456 e. The van der Waals surface area contributed by atoms with Crippen LogP contribution in [0.25, 0.3) is 22.0 Å². The van der Waals surface area contributed by atoms with E-state index in [0.29, 0.717) is 17.6 Å². The highest BCUT2D eigenvalue weighted by Gasteiger charge is 2.16. The van der Waals surface area contributed by atoms with Crippen LogP contribution in [-0.4, -0.2) is 9.67 Å². The van der Waals surface area contributed by atoms with Crippen molar-refractivity contribution in [3.05, 3.63) is 82.2 Å². The molecule has 0 unspecified atom stereocenters. The Morgan fingerprint density at radius 3 is 2.52 bits per heavy atom. The maximum Gasteiger partial charge on any atom is 0.209 e. The topological polar surface area (TPSA) is 55.4 Å². The van der Waals surface area contributed by atoms with E-state index in [4.69, 9.17) is 4.42 Å². The summed E-state index contributed by atoms with van der Waals surface area (Å²) in [5.41, 5.74) is 2.99. The number of para-hydroxylation sites is 1. The quantitative estimate of drug-likeness (QED) is 0.632. The third kappa shape index (κ3) is 2.24. The van der Waals surface area contributed by atoms with Crippen LogP contribution in [0.4, 0.5) is 0 Å². The first-order chi connectivity index (χ1) is 11.3. The highest BCUT2D eigenvalue weighted by molar-refractivity contribution is 6.04. The lowest BCUT2D eigenvalue weighted by molar-refractivity contribution is 0.249. The molecule has 4 aromatic rings. The SMILES string of the molecule is O=c1cc(CO)oc2c3ccccc3n(Cc3ccccc3)c12. The Bertz CT molecular complexity index is 1040. The fourth-order valence-electron chi connectivity index (χ4n) is 3.00. The minimum absolute atomic E-state index is 0.137. The lowest BCUT2D eigenvalue weighted by Crippen LogP contribution is -2.09. The number of aliphatic hydroxyl groups excluding tert-OH is 1. The molecule has 0 atom stereocenters. The summed E-state index contributed by atoms with van der Waals surface area (Å²) in [5.74, 6) is 0.283. The molecular weight excluding hydrogens is 290 g/mol. The lowest BCUT2D eigenvalue weighted by Gasteiger charge is -2.07. The number of nitrogens with zero attached hydrogens (tertiary/aromatic N) is 1. The van der Waals surface area contributed by atoms with Crippen molar-refractivity contribution in [2.45, 2.75) is 13.2 Å². The molecule has 0 fully saturated rings. The van der Waals surface area contributed by atoms with Crippen LogP contribution in [0, 0.1) is 0 Å². The molecule has 0 aliphatic rings. The van der Waals surface area contributed by atoms with Crippen LogP contribution in [0.15, 0.2) is 69.9 Å². The molecule has 0 bridgehead atoms. The van der Waals surface area contributed by atoms with Crippen molar-refractivity contribution in [1.82, 2.24) is 4.57 Å². The molecule has 0 aliphatic carbocycles. The maximum absolute atomic E-state index is 12.5. The van der Waals surface area contributed by atoms with Gasteiger partial charge in [0.25, 0.3) is 0 Å².